The van der Waals surface area contributed by atoms with E-state index in [1.165, 1.54) is 24.5 Å². The molecule has 4 nitrogen and oxygen atoms in total. The van der Waals surface area contributed by atoms with E-state index in [1.807, 2.05) is 30.3 Å². The third-order valence-electron chi connectivity index (χ3n) is 3.31. The fraction of sp³-hybridized carbons (Fsp3) is 0.0556. The highest BCUT2D eigenvalue weighted by molar-refractivity contribution is 5.93. The molecular weight excluding hydrogens is 293 g/mol. The van der Waals surface area contributed by atoms with Crippen LogP contribution in [0, 0.1) is 5.82 Å². The molecular formula is C18H14FN3O. The van der Waals surface area contributed by atoms with Gasteiger partial charge in [-0.1, -0.05) is 30.3 Å². The van der Waals surface area contributed by atoms with Gasteiger partial charge in [-0.2, -0.15) is 0 Å². The SMILES string of the molecule is O=C(NCc1ccccc1)c1cnc(-c2ccc(F)cc2)nc1. The van der Waals surface area contributed by atoms with Gasteiger partial charge in [-0.3, -0.25) is 4.79 Å². The Labute approximate surface area is 133 Å². The van der Waals surface area contributed by atoms with E-state index in [1.54, 1.807) is 12.1 Å². The fourth-order valence-electron chi connectivity index (χ4n) is 2.07. The van der Waals surface area contributed by atoms with Gasteiger partial charge < -0.3 is 5.32 Å². The summed E-state index contributed by atoms with van der Waals surface area (Å²) >= 11 is 0. The van der Waals surface area contributed by atoms with Crippen molar-refractivity contribution in [2.45, 2.75) is 6.54 Å². The molecule has 0 aliphatic heterocycles. The topological polar surface area (TPSA) is 54.9 Å². The van der Waals surface area contributed by atoms with Crippen molar-refractivity contribution < 1.29 is 9.18 Å². The number of hydrogen-bond donors (Lipinski definition) is 1. The Morgan fingerprint density at radius 2 is 1.61 bits per heavy atom. The summed E-state index contributed by atoms with van der Waals surface area (Å²) in [7, 11) is 0. The maximum Gasteiger partial charge on any atom is 0.254 e. The normalized spacial score (nSPS) is 10.3. The number of nitrogens with zero attached hydrogens (tertiary/aromatic N) is 2. The van der Waals surface area contributed by atoms with Crippen molar-refractivity contribution in [1.29, 1.82) is 0 Å². The van der Waals surface area contributed by atoms with Crippen LogP contribution < -0.4 is 5.32 Å². The molecule has 0 fully saturated rings. The molecule has 0 saturated heterocycles. The molecule has 2 aromatic carbocycles. The fourth-order valence-corrected chi connectivity index (χ4v) is 2.07. The molecule has 1 amide bonds. The van der Waals surface area contributed by atoms with E-state index in [0.29, 0.717) is 23.5 Å². The van der Waals surface area contributed by atoms with Gasteiger partial charge in [-0.15, -0.1) is 0 Å². The first-order chi connectivity index (χ1) is 11.2. The standard InChI is InChI=1S/C18H14FN3O/c19-16-8-6-14(7-9-16)17-20-11-15(12-21-17)18(23)22-10-13-4-2-1-3-5-13/h1-9,11-12H,10H2,(H,22,23). The molecule has 1 N–H and O–H groups in total. The number of benzene rings is 2. The summed E-state index contributed by atoms with van der Waals surface area (Å²) in [5.41, 5.74) is 2.10. The van der Waals surface area contributed by atoms with Crippen molar-refractivity contribution in [2.24, 2.45) is 0 Å². The molecule has 1 heterocycles. The van der Waals surface area contributed by atoms with E-state index in [4.69, 9.17) is 0 Å². The summed E-state index contributed by atoms with van der Waals surface area (Å²) < 4.78 is 12.9. The summed E-state index contributed by atoms with van der Waals surface area (Å²) in [6, 6.07) is 15.5. The van der Waals surface area contributed by atoms with Gasteiger partial charge in [0.15, 0.2) is 5.82 Å². The highest BCUT2D eigenvalue weighted by Crippen LogP contribution is 2.14. The van der Waals surface area contributed by atoms with E-state index < -0.39 is 0 Å². The van der Waals surface area contributed by atoms with Crippen LogP contribution in [0.4, 0.5) is 4.39 Å². The van der Waals surface area contributed by atoms with Crippen LogP contribution in [0.5, 0.6) is 0 Å². The second kappa shape index (κ2) is 6.79. The average Bonchev–Trinajstić information content (AvgIpc) is 2.61. The number of rotatable bonds is 4. The minimum atomic E-state index is -0.314. The number of carbonyl (C=O) groups is 1. The second-order valence-electron chi connectivity index (χ2n) is 4.97. The Hall–Kier alpha value is -3.08. The number of halogens is 1. The lowest BCUT2D eigenvalue weighted by Crippen LogP contribution is -2.23. The van der Waals surface area contributed by atoms with Gasteiger partial charge in [-0.25, -0.2) is 14.4 Å². The molecule has 5 heteroatoms. The Balaban J connectivity index is 1.67. The van der Waals surface area contributed by atoms with Crippen LogP contribution in [0.2, 0.25) is 0 Å². The Bertz CT molecular complexity index is 787. The first kappa shape index (κ1) is 14.8. The minimum absolute atomic E-state index is 0.237. The lowest BCUT2D eigenvalue weighted by Gasteiger charge is -2.05. The molecule has 114 valence electrons. The van der Waals surface area contributed by atoms with E-state index in [2.05, 4.69) is 15.3 Å². The summed E-state index contributed by atoms with van der Waals surface area (Å²) in [6.07, 6.45) is 2.93. The van der Waals surface area contributed by atoms with Crippen LogP contribution in [0.1, 0.15) is 15.9 Å². The zero-order valence-corrected chi connectivity index (χ0v) is 12.2. The molecule has 0 aliphatic rings. The molecule has 0 atom stereocenters. The van der Waals surface area contributed by atoms with Crippen LogP contribution in [-0.2, 0) is 6.54 Å². The van der Waals surface area contributed by atoms with Gasteiger partial charge in [-0.05, 0) is 29.8 Å². The molecule has 23 heavy (non-hydrogen) atoms. The number of aromatic nitrogens is 2. The molecule has 0 aliphatic carbocycles. The van der Waals surface area contributed by atoms with Crippen molar-refractivity contribution >= 4 is 5.91 Å². The maximum atomic E-state index is 12.9. The predicted molar refractivity (Wildman–Crippen MR) is 85.0 cm³/mol. The molecule has 3 aromatic rings. The summed E-state index contributed by atoms with van der Waals surface area (Å²) in [6.45, 7) is 0.444. The van der Waals surface area contributed by atoms with Crippen molar-refractivity contribution in [2.75, 3.05) is 0 Å². The largest absolute Gasteiger partial charge is 0.348 e. The maximum absolute atomic E-state index is 12.9. The summed E-state index contributed by atoms with van der Waals surface area (Å²) in [5.74, 6) is -0.102. The lowest BCUT2D eigenvalue weighted by molar-refractivity contribution is 0.0950. The summed E-state index contributed by atoms with van der Waals surface area (Å²) in [5, 5.41) is 2.81. The minimum Gasteiger partial charge on any atom is -0.348 e. The quantitative estimate of drug-likeness (QED) is 0.805. The third-order valence-corrected chi connectivity index (χ3v) is 3.31. The van der Waals surface area contributed by atoms with Crippen LogP contribution >= 0.6 is 0 Å². The Morgan fingerprint density at radius 3 is 2.26 bits per heavy atom. The zero-order valence-electron chi connectivity index (χ0n) is 12.2. The van der Waals surface area contributed by atoms with Crippen molar-refractivity contribution in [3.8, 4) is 11.4 Å². The second-order valence-corrected chi connectivity index (χ2v) is 4.97. The van der Waals surface area contributed by atoms with Crippen molar-refractivity contribution in [3.05, 3.63) is 83.9 Å². The molecule has 0 radical (unpaired) electrons. The first-order valence-electron chi connectivity index (χ1n) is 7.12. The van der Waals surface area contributed by atoms with E-state index >= 15 is 0 Å². The number of carbonyl (C=O) groups excluding carboxylic acids is 1. The number of amides is 1. The predicted octanol–water partition coefficient (Wildman–Crippen LogP) is 3.21. The van der Waals surface area contributed by atoms with Crippen LogP contribution in [0.25, 0.3) is 11.4 Å². The summed E-state index contributed by atoms with van der Waals surface area (Å²) in [4.78, 5) is 20.4. The molecule has 3 rings (SSSR count). The van der Waals surface area contributed by atoms with Crippen LogP contribution in [0.15, 0.2) is 67.0 Å². The van der Waals surface area contributed by atoms with E-state index in [-0.39, 0.29) is 11.7 Å². The Morgan fingerprint density at radius 1 is 0.957 bits per heavy atom. The van der Waals surface area contributed by atoms with Gasteiger partial charge in [0, 0.05) is 24.5 Å². The van der Waals surface area contributed by atoms with E-state index in [0.717, 1.165) is 5.56 Å². The van der Waals surface area contributed by atoms with Gasteiger partial charge in [0.1, 0.15) is 5.82 Å². The van der Waals surface area contributed by atoms with Gasteiger partial charge >= 0.3 is 0 Å². The average molecular weight is 307 g/mol. The lowest BCUT2D eigenvalue weighted by atomic mass is 10.2. The number of hydrogen-bond acceptors (Lipinski definition) is 3. The highest BCUT2D eigenvalue weighted by atomic mass is 19.1. The van der Waals surface area contributed by atoms with E-state index in [9.17, 15) is 9.18 Å². The number of nitrogens with one attached hydrogen (secondary N) is 1. The highest BCUT2D eigenvalue weighted by Gasteiger charge is 2.08. The van der Waals surface area contributed by atoms with Crippen LogP contribution in [0.3, 0.4) is 0 Å². The molecule has 0 spiro atoms. The molecule has 0 unspecified atom stereocenters. The Kier molecular flexibility index (Phi) is 4.38. The van der Waals surface area contributed by atoms with Gasteiger partial charge in [0.2, 0.25) is 0 Å². The smallest absolute Gasteiger partial charge is 0.254 e. The monoisotopic (exact) mass is 307 g/mol. The molecule has 0 bridgehead atoms. The molecule has 1 aromatic heterocycles. The van der Waals surface area contributed by atoms with Gasteiger partial charge in [0.05, 0.1) is 5.56 Å². The zero-order chi connectivity index (χ0) is 16.1. The van der Waals surface area contributed by atoms with Crippen molar-refractivity contribution in [3.63, 3.8) is 0 Å². The van der Waals surface area contributed by atoms with Gasteiger partial charge in [0.25, 0.3) is 5.91 Å². The van der Waals surface area contributed by atoms with Crippen LogP contribution in [-0.4, -0.2) is 15.9 Å². The van der Waals surface area contributed by atoms with Crippen molar-refractivity contribution in [1.82, 2.24) is 15.3 Å². The third kappa shape index (κ3) is 3.77. The molecule has 0 saturated carbocycles. The first-order valence-corrected chi connectivity index (χ1v) is 7.12.